The van der Waals surface area contributed by atoms with E-state index in [9.17, 15) is 4.79 Å². The Morgan fingerprint density at radius 1 is 1.32 bits per heavy atom. The summed E-state index contributed by atoms with van der Waals surface area (Å²) in [6, 6.07) is 10.3. The lowest BCUT2D eigenvalue weighted by Crippen LogP contribution is -2.38. The van der Waals surface area contributed by atoms with Gasteiger partial charge in [-0.2, -0.15) is 5.10 Å². The summed E-state index contributed by atoms with van der Waals surface area (Å²) in [6.45, 7) is 5.73. The number of carbonyl (C=O) groups excluding carboxylic acids is 1. The lowest BCUT2D eigenvalue weighted by atomic mass is 10.1. The normalized spacial score (nSPS) is 17.1. The van der Waals surface area contributed by atoms with Crippen molar-refractivity contribution in [3.05, 3.63) is 47.3 Å². The van der Waals surface area contributed by atoms with Crippen LogP contribution in [-0.4, -0.2) is 40.3 Å². The van der Waals surface area contributed by atoms with Crippen molar-refractivity contribution in [1.82, 2.24) is 14.7 Å². The van der Waals surface area contributed by atoms with Crippen molar-refractivity contribution in [3.8, 4) is 5.75 Å². The molecule has 1 saturated heterocycles. The number of amides is 1. The van der Waals surface area contributed by atoms with E-state index in [1.165, 1.54) is 0 Å². The second kappa shape index (κ2) is 7.72. The summed E-state index contributed by atoms with van der Waals surface area (Å²) in [5, 5.41) is 4.55. The Morgan fingerprint density at radius 3 is 2.84 bits per heavy atom. The zero-order valence-electron chi connectivity index (χ0n) is 15.4. The highest BCUT2D eigenvalue weighted by Gasteiger charge is 2.29. The van der Waals surface area contributed by atoms with Crippen LogP contribution in [0.15, 0.2) is 30.3 Å². The monoisotopic (exact) mass is 341 g/mol. The number of rotatable bonds is 6. The molecule has 0 N–H and O–H groups in total. The van der Waals surface area contributed by atoms with Crippen LogP contribution in [0, 0.1) is 13.8 Å². The van der Waals surface area contributed by atoms with Gasteiger partial charge in [0.25, 0.3) is 0 Å². The summed E-state index contributed by atoms with van der Waals surface area (Å²) < 4.78 is 7.42. The molecule has 1 aliphatic heterocycles. The zero-order chi connectivity index (χ0) is 17.8. The standard InChI is InChI=1S/C20H27N3O2/c1-15-13-16(2)23(21-15)14-18-8-6-12-22(18)20(24)11-10-17-7-4-5-9-19(17)25-3/h4-5,7,9,13,18H,6,8,10-12,14H2,1-3H3/t18-/m1/s1. The molecule has 1 aromatic carbocycles. The van der Waals surface area contributed by atoms with Crippen molar-refractivity contribution in [1.29, 1.82) is 0 Å². The Hall–Kier alpha value is -2.30. The molecular weight excluding hydrogens is 314 g/mol. The number of aromatic nitrogens is 2. The van der Waals surface area contributed by atoms with E-state index < -0.39 is 0 Å². The fourth-order valence-electron chi connectivity index (χ4n) is 3.71. The summed E-state index contributed by atoms with van der Waals surface area (Å²) in [6.07, 6.45) is 3.36. The van der Waals surface area contributed by atoms with Gasteiger partial charge < -0.3 is 9.64 Å². The van der Waals surface area contributed by atoms with Crippen molar-refractivity contribution < 1.29 is 9.53 Å². The number of ether oxygens (including phenoxy) is 1. The molecule has 2 aromatic rings. The number of likely N-dealkylation sites (tertiary alicyclic amines) is 1. The molecule has 0 unspecified atom stereocenters. The van der Waals surface area contributed by atoms with Crippen LogP contribution in [0.1, 0.15) is 36.2 Å². The van der Waals surface area contributed by atoms with Crippen molar-refractivity contribution >= 4 is 5.91 Å². The van der Waals surface area contributed by atoms with Crippen molar-refractivity contribution in [2.24, 2.45) is 0 Å². The van der Waals surface area contributed by atoms with Gasteiger partial charge in [-0.25, -0.2) is 0 Å². The number of carbonyl (C=O) groups is 1. The summed E-state index contributed by atoms with van der Waals surface area (Å²) in [4.78, 5) is 14.8. The van der Waals surface area contributed by atoms with E-state index in [-0.39, 0.29) is 11.9 Å². The van der Waals surface area contributed by atoms with Gasteiger partial charge in [-0.3, -0.25) is 9.48 Å². The molecule has 1 amide bonds. The molecule has 3 rings (SSSR count). The van der Waals surface area contributed by atoms with Gasteiger partial charge in [0.05, 0.1) is 25.4 Å². The van der Waals surface area contributed by atoms with Crippen LogP contribution in [0.25, 0.3) is 0 Å². The van der Waals surface area contributed by atoms with E-state index in [4.69, 9.17) is 4.74 Å². The molecule has 25 heavy (non-hydrogen) atoms. The molecule has 2 heterocycles. The Morgan fingerprint density at radius 2 is 2.12 bits per heavy atom. The molecule has 0 bridgehead atoms. The van der Waals surface area contributed by atoms with E-state index in [2.05, 4.69) is 18.1 Å². The molecule has 1 aliphatic rings. The topological polar surface area (TPSA) is 47.4 Å². The minimum atomic E-state index is 0.231. The van der Waals surface area contributed by atoms with Gasteiger partial charge in [-0.05, 0) is 50.8 Å². The van der Waals surface area contributed by atoms with Crippen LogP contribution in [0.4, 0.5) is 0 Å². The summed E-state index contributed by atoms with van der Waals surface area (Å²) in [5.41, 5.74) is 3.28. The molecule has 1 aromatic heterocycles. The molecular formula is C20H27N3O2. The van der Waals surface area contributed by atoms with Crippen LogP contribution in [0.5, 0.6) is 5.75 Å². The Kier molecular flexibility index (Phi) is 5.41. The van der Waals surface area contributed by atoms with Crippen molar-refractivity contribution in [3.63, 3.8) is 0 Å². The van der Waals surface area contributed by atoms with Crippen molar-refractivity contribution in [2.75, 3.05) is 13.7 Å². The van der Waals surface area contributed by atoms with Crippen LogP contribution >= 0.6 is 0 Å². The fraction of sp³-hybridized carbons (Fsp3) is 0.500. The maximum absolute atomic E-state index is 12.8. The van der Waals surface area contributed by atoms with Gasteiger partial charge in [-0.15, -0.1) is 0 Å². The predicted octanol–water partition coefficient (Wildman–Crippen LogP) is 3.13. The Labute approximate surface area is 149 Å². The highest BCUT2D eigenvalue weighted by Crippen LogP contribution is 2.23. The van der Waals surface area contributed by atoms with E-state index in [0.717, 1.165) is 48.6 Å². The van der Waals surface area contributed by atoms with E-state index >= 15 is 0 Å². The molecule has 0 spiro atoms. The summed E-state index contributed by atoms with van der Waals surface area (Å²) >= 11 is 0. The number of hydrogen-bond acceptors (Lipinski definition) is 3. The molecule has 5 nitrogen and oxygen atoms in total. The largest absolute Gasteiger partial charge is 0.496 e. The van der Waals surface area contributed by atoms with Crippen LogP contribution in [0.3, 0.4) is 0 Å². The van der Waals surface area contributed by atoms with Gasteiger partial charge in [0.2, 0.25) is 5.91 Å². The SMILES string of the molecule is COc1ccccc1CCC(=O)N1CCC[C@@H]1Cn1nc(C)cc1C. The zero-order valence-corrected chi connectivity index (χ0v) is 15.4. The molecule has 0 radical (unpaired) electrons. The third-order valence-electron chi connectivity index (χ3n) is 4.99. The predicted molar refractivity (Wildman–Crippen MR) is 97.8 cm³/mol. The molecule has 1 atom stereocenters. The number of methoxy groups -OCH3 is 1. The van der Waals surface area contributed by atoms with Crippen LogP contribution in [-0.2, 0) is 17.8 Å². The van der Waals surface area contributed by atoms with Gasteiger partial charge in [0, 0.05) is 18.7 Å². The van der Waals surface area contributed by atoms with Crippen LogP contribution < -0.4 is 4.74 Å². The molecule has 134 valence electrons. The highest BCUT2D eigenvalue weighted by atomic mass is 16.5. The number of hydrogen-bond donors (Lipinski definition) is 0. The number of aryl methyl sites for hydroxylation is 3. The van der Waals surface area contributed by atoms with Gasteiger partial charge in [0.1, 0.15) is 5.75 Å². The maximum atomic E-state index is 12.8. The fourth-order valence-corrected chi connectivity index (χ4v) is 3.71. The van der Waals surface area contributed by atoms with Gasteiger partial charge >= 0.3 is 0 Å². The average molecular weight is 341 g/mol. The molecule has 0 aliphatic carbocycles. The quantitative estimate of drug-likeness (QED) is 0.811. The molecule has 5 heteroatoms. The number of para-hydroxylation sites is 1. The third-order valence-corrected chi connectivity index (χ3v) is 4.99. The van der Waals surface area contributed by atoms with E-state index in [1.54, 1.807) is 7.11 Å². The lowest BCUT2D eigenvalue weighted by Gasteiger charge is -2.25. The summed E-state index contributed by atoms with van der Waals surface area (Å²) in [7, 11) is 1.67. The third kappa shape index (κ3) is 4.03. The number of benzene rings is 1. The highest BCUT2D eigenvalue weighted by molar-refractivity contribution is 5.77. The second-order valence-corrected chi connectivity index (χ2v) is 6.80. The van der Waals surface area contributed by atoms with Gasteiger partial charge in [-0.1, -0.05) is 18.2 Å². The van der Waals surface area contributed by atoms with Gasteiger partial charge in [0.15, 0.2) is 0 Å². The number of nitrogens with zero attached hydrogens (tertiary/aromatic N) is 3. The minimum Gasteiger partial charge on any atom is -0.496 e. The molecule has 0 saturated carbocycles. The first kappa shape index (κ1) is 17.5. The van der Waals surface area contributed by atoms with E-state index in [0.29, 0.717) is 12.8 Å². The minimum absolute atomic E-state index is 0.231. The van der Waals surface area contributed by atoms with E-state index in [1.807, 2.05) is 40.8 Å². The first-order valence-electron chi connectivity index (χ1n) is 9.01. The van der Waals surface area contributed by atoms with Crippen molar-refractivity contribution in [2.45, 2.75) is 52.1 Å². The average Bonchev–Trinajstić information content (AvgIpc) is 3.19. The second-order valence-electron chi connectivity index (χ2n) is 6.80. The Balaban J connectivity index is 1.61. The first-order valence-corrected chi connectivity index (χ1v) is 9.01. The molecule has 1 fully saturated rings. The lowest BCUT2D eigenvalue weighted by molar-refractivity contribution is -0.132. The summed E-state index contributed by atoms with van der Waals surface area (Å²) in [5.74, 6) is 1.09. The smallest absolute Gasteiger partial charge is 0.223 e. The first-order chi connectivity index (χ1) is 12.1. The van der Waals surface area contributed by atoms with Crippen LogP contribution in [0.2, 0.25) is 0 Å². The maximum Gasteiger partial charge on any atom is 0.223 e. The Bertz CT molecular complexity index is 738.